The van der Waals surface area contributed by atoms with E-state index < -0.39 is 0 Å². The van der Waals surface area contributed by atoms with E-state index in [0.29, 0.717) is 34.9 Å². The molecule has 1 amide bonds. The molecular weight excluding hydrogens is 416 g/mol. The van der Waals surface area contributed by atoms with Gasteiger partial charge in [-0.05, 0) is 36.3 Å². The van der Waals surface area contributed by atoms with Gasteiger partial charge in [0.1, 0.15) is 4.70 Å². The molecule has 0 bridgehead atoms. The van der Waals surface area contributed by atoms with Crippen LogP contribution < -0.4 is 10.9 Å². The van der Waals surface area contributed by atoms with Crippen LogP contribution in [0.1, 0.15) is 31.2 Å². The number of fused-ring (bicyclic) bond motifs is 1. The molecule has 0 spiro atoms. The molecule has 156 valence electrons. The van der Waals surface area contributed by atoms with Crippen molar-refractivity contribution in [2.45, 2.75) is 43.8 Å². The molecular formula is C22H24N4O2S2. The summed E-state index contributed by atoms with van der Waals surface area (Å²) in [4.78, 5) is 29.3. The lowest BCUT2D eigenvalue weighted by molar-refractivity contribution is -0.121. The topological polar surface area (TPSA) is 87.8 Å². The van der Waals surface area contributed by atoms with Crippen molar-refractivity contribution in [2.75, 3.05) is 12.3 Å². The second kappa shape index (κ2) is 11.5. The van der Waals surface area contributed by atoms with E-state index in [1.54, 1.807) is 4.57 Å². The highest BCUT2D eigenvalue weighted by atomic mass is 32.2. The van der Waals surface area contributed by atoms with Gasteiger partial charge in [-0.25, -0.2) is 4.98 Å². The number of thioether (sulfide) groups is 1. The van der Waals surface area contributed by atoms with Gasteiger partial charge in [0, 0.05) is 19.5 Å². The first-order chi connectivity index (χ1) is 14.7. The number of rotatable bonds is 11. The number of benzene rings is 1. The van der Waals surface area contributed by atoms with Crippen LogP contribution >= 0.6 is 23.1 Å². The minimum Gasteiger partial charge on any atom is -0.356 e. The van der Waals surface area contributed by atoms with Gasteiger partial charge < -0.3 is 5.32 Å². The van der Waals surface area contributed by atoms with Crippen LogP contribution in [0.5, 0.6) is 0 Å². The van der Waals surface area contributed by atoms with Gasteiger partial charge in [-0.2, -0.15) is 5.26 Å². The van der Waals surface area contributed by atoms with Gasteiger partial charge in [0.25, 0.3) is 5.56 Å². The third-order valence-corrected chi connectivity index (χ3v) is 6.40. The van der Waals surface area contributed by atoms with Crippen LogP contribution in [0.25, 0.3) is 10.2 Å². The van der Waals surface area contributed by atoms with Crippen LogP contribution in [-0.2, 0) is 17.8 Å². The third-order valence-electron chi connectivity index (χ3n) is 4.66. The smallest absolute Gasteiger partial charge is 0.272 e. The Hall–Kier alpha value is -2.63. The van der Waals surface area contributed by atoms with E-state index in [9.17, 15) is 9.59 Å². The van der Waals surface area contributed by atoms with E-state index in [-0.39, 0.29) is 17.2 Å². The molecule has 3 aromatic rings. The Morgan fingerprint density at radius 2 is 2.03 bits per heavy atom. The molecule has 0 radical (unpaired) electrons. The number of carbonyl (C=O) groups excluding carboxylic acids is 1. The van der Waals surface area contributed by atoms with Crippen molar-refractivity contribution in [1.29, 1.82) is 5.26 Å². The van der Waals surface area contributed by atoms with Crippen molar-refractivity contribution in [1.82, 2.24) is 14.9 Å². The molecule has 2 aromatic heterocycles. The number of carbonyl (C=O) groups is 1. The second-order valence-corrected chi connectivity index (χ2v) is 8.69. The first-order valence-electron chi connectivity index (χ1n) is 9.97. The third kappa shape index (κ3) is 6.18. The van der Waals surface area contributed by atoms with Crippen LogP contribution in [-0.4, -0.2) is 27.8 Å². The summed E-state index contributed by atoms with van der Waals surface area (Å²) in [7, 11) is 0. The summed E-state index contributed by atoms with van der Waals surface area (Å²) >= 11 is 2.68. The highest BCUT2D eigenvalue weighted by molar-refractivity contribution is 7.99. The largest absolute Gasteiger partial charge is 0.356 e. The first-order valence-corrected chi connectivity index (χ1v) is 11.8. The van der Waals surface area contributed by atoms with Crippen LogP contribution in [0.3, 0.4) is 0 Å². The molecule has 0 fully saturated rings. The van der Waals surface area contributed by atoms with Crippen molar-refractivity contribution in [3.05, 3.63) is 57.7 Å². The molecule has 2 heterocycles. The first kappa shape index (κ1) is 22.1. The predicted octanol–water partition coefficient (Wildman–Crippen LogP) is 3.99. The number of hydrogen-bond acceptors (Lipinski definition) is 6. The van der Waals surface area contributed by atoms with Crippen LogP contribution in [0.2, 0.25) is 0 Å². The molecule has 3 rings (SSSR count). The lowest BCUT2D eigenvalue weighted by atomic mass is 10.1. The van der Waals surface area contributed by atoms with Crippen LogP contribution in [0.4, 0.5) is 0 Å². The highest BCUT2D eigenvalue weighted by Crippen LogP contribution is 2.21. The average Bonchev–Trinajstić information content (AvgIpc) is 3.23. The Morgan fingerprint density at radius 1 is 1.20 bits per heavy atom. The summed E-state index contributed by atoms with van der Waals surface area (Å²) in [5.41, 5.74) is 1.85. The van der Waals surface area contributed by atoms with E-state index >= 15 is 0 Å². The molecule has 30 heavy (non-hydrogen) atoms. The normalized spacial score (nSPS) is 10.8. The van der Waals surface area contributed by atoms with E-state index in [4.69, 9.17) is 5.26 Å². The summed E-state index contributed by atoms with van der Waals surface area (Å²) in [6, 6.07) is 14.0. The fourth-order valence-corrected chi connectivity index (χ4v) is 4.60. The van der Waals surface area contributed by atoms with Crippen molar-refractivity contribution < 1.29 is 4.79 Å². The fraction of sp³-hybridized carbons (Fsp3) is 0.364. The van der Waals surface area contributed by atoms with Gasteiger partial charge in [0.15, 0.2) is 5.16 Å². The molecule has 0 saturated heterocycles. The zero-order valence-electron chi connectivity index (χ0n) is 16.7. The Morgan fingerprint density at radius 3 is 2.83 bits per heavy atom. The van der Waals surface area contributed by atoms with Crippen LogP contribution in [0, 0.1) is 11.3 Å². The lowest BCUT2D eigenvalue weighted by Crippen LogP contribution is -2.25. The number of nitriles is 1. The predicted molar refractivity (Wildman–Crippen MR) is 122 cm³/mol. The summed E-state index contributed by atoms with van der Waals surface area (Å²) in [6.45, 7) is 1.19. The Bertz CT molecular complexity index is 1070. The molecule has 0 atom stereocenters. The Balaban J connectivity index is 1.43. The second-order valence-electron chi connectivity index (χ2n) is 6.83. The fourth-order valence-electron chi connectivity index (χ4n) is 3.14. The monoisotopic (exact) mass is 440 g/mol. The zero-order chi connectivity index (χ0) is 21.2. The molecule has 1 N–H and O–H groups in total. The molecule has 0 aliphatic heterocycles. The van der Waals surface area contributed by atoms with Gasteiger partial charge >= 0.3 is 0 Å². The van der Waals surface area contributed by atoms with Crippen molar-refractivity contribution in [2.24, 2.45) is 0 Å². The molecule has 6 nitrogen and oxygen atoms in total. The van der Waals surface area contributed by atoms with Gasteiger partial charge in [0.05, 0.1) is 17.3 Å². The van der Waals surface area contributed by atoms with Crippen LogP contribution in [0.15, 0.2) is 51.7 Å². The number of nitrogens with zero attached hydrogens (tertiary/aromatic N) is 3. The van der Waals surface area contributed by atoms with Crippen molar-refractivity contribution >= 4 is 39.2 Å². The number of thiophene rings is 1. The standard InChI is InChI=1S/C22H24N4O2S2/c23-12-16-30-22-25-18-11-15-29-20(18)21(28)26(22)14-6-2-5-9-19(27)24-13-10-17-7-3-1-4-8-17/h1,3-4,7-8,11,15H,2,5-6,9-10,13-14,16H2,(H,24,27). The number of amides is 1. The van der Waals surface area contributed by atoms with Crippen molar-refractivity contribution in [3.63, 3.8) is 0 Å². The lowest BCUT2D eigenvalue weighted by Gasteiger charge is -2.11. The Kier molecular flexibility index (Phi) is 8.48. The summed E-state index contributed by atoms with van der Waals surface area (Å²) in [6.07, 6.45) is 3.74. The minimum atomic E-state index is -0.0471. The maximum Gasteiger partial charge on any atom is 0.272 e. The molecule has 0 aliphatic carbocycles. The van der Waals surface area contributed by atoms with E-state index in [0.717, 1.165) is 25.7 Å². The molecule has 0 unspecified atom stereocenters. The number of hydrogen-bond donors (Lipinski definition) is 1. The quantitative estimate of drug-likeness (QED) is 0.277. The minimum absolute atomic E-state index is 0.0471. The summed E-state index contributed by atoms with van der Waals surface area (Å²) in [5, 5.41) is 14.3. The van der Waals surface area contributed by atoms with E-state index in [2.05, 4.69) is 28.5 Å². The highest BCUT2D eigenvalue weighted by Gasteiger charge is 2.12. The van der Waals surface area contributed by atoms with Gasteiger partial charge in [-0.1, -0.05) is 48.5 Å². The average molecular weight is 441 g/mol. The number of aromatic nitrogens is 2. The zero-order valence-corrected chi connectivity index (χ0v) is 18.3. The Labute approximate surface area is 183 Å². The summed E-state index contributed by atoms with van der Waals surface area (Å²) in [5.74, 6) is 0.320. The van der Waals surface area contributed by atoms with Gasteiger partial charge in [-0.3, -0.25) is 14.2 Å². The van der Waals surface area contributed by atoms with Gasteiger partial charge in [0.2, 0.25) is 5.91 Å². The molecule has 0 aliphatic rings. The maximum atomic E-state index is 12.8. The summed E-state index contributed by atoms with van der Waals surface area (Å²) < 4.78 is 2.31. The SMILES string of the molecule is N#CCSc1nc2ccsc2c(=O)n1CCCCCC(=O)NCCc1ccccc1. The number of nitrogens with one attached hydrogen (secondary N) is 1. The molecule has 0 saturated carbocycles. The molecule has 8 heteroatoms. The van der Waals surface area contributed by atoms with Gasteiger partial charge in [-0.15, -0.1) is 11.3 Å². The number of unbranched alkanes of at least 4 members (excludes halogenated alkanes) is 2. The van der Waals surface area contributed by atoms with E-state index in [1.807, 2.05) is 29.6 Å². The maximum absolute atomic E-state index is 12.8. The van der Waals surface area contributed by atoms with Crippen molar-refractivity contribution in [3.8, 4) is 6.07 Å². The molecule has 1 aromatic carbocycles. The van der Waals surface area contributed by atoms with E-state index in [1.165, 1.54) is 28.7 Å².